The van der Waals surface area contributed by atoms with Crippen LogP contribution in [0.25, 0.3) is 0 Å². The maximum atomic E-state index is 11.7. The highest BCUT2D eigenvalue weighted by Crippen LogP contribution is 2.66. The summed E-state index contributed by atoms with van der Waals surface area (Å²) >= 11 is 0. The van der Waals surface area contributed by atoms with Gasteiger partial charge in [0.25, 0.3) is 5.56 Å². The normalized spacial score (nSPS) is 24.1. The van der Waals surface area contributed by atoms with Gasteiger partial charge in [0, 0.05) is 12.3 Å². The minimum Gasteiger partial charge on any atom is -0.469 e. The van der Waals surface area contributed by atoms with Gasteiger partial charge in [-0.15, -0.1) is 0 Å². The van der Waals surface area contributed by atoms with Crippen molar-refractivity contribution < 1.29 is 56.3 Å². The van der Waals surface area contributed by atoms with Crippen LogP contribution in [-0.2, 0) is 31.6 Å². The van der Waals surface area contributed by atoms with Crippen molar-refractivity contribution in [3.63, 3.8) is 0 Å². The number of phosphoric ester groups is 1. The summed E-state index contributed by atoms with van der Waals surface area (Å²) in [5, 5.41) is 9.89. The number of rotatable bonds is 8. The zero-order chi connectivity index (χ0) is 21.3. The predicted octanol–water partition coefficient (Wildman–Crippen LogP) is -1.35. The Morgan fingerprint density at radius 3 is 2.32 bits per heavy atom. The molecule has 28 heavy (non-hydrogen) atoms. The molecule has 0 spiro atoms. The largest absolute Gasteiger partial charge is 0.490 e. The van der Waals surface area contributed by atoms with Crippen LogP contribution in [-0.4, -0.2) is 46.9 Å². The van der Waals surface area contributed by atoms with Gasteiger partial charge in [-0.25, -0.2) is 18.5 Å². The van der Waals surface area contributed by atoms with Crippen LogP contribution in [0, 0.1) is 0 Å². The van der Waals surface area contributed by atoms with E-state index in [0.717, 1.165) is 22.9 Å². The molecule has 0 aromatic carbocycles. The summed E-state index contributed by atoms with van der Waals surface area (Å²) in [7, 11) is -16.6. The summed E-state index contributed by atoms with van der Waals surface area (Å²) in [4.78, 5) is 59.8. The first kappa shape index (κ1) is 22.9. The molecule has 16 nitrogen and oxygen atoms in total. The van der Waals surface area contributed by atoms with Crippen LogP contribution < -0.4 is 11.2 Å². The minimum atomic E-state index is -5.67. The van der Waals surface area contributed by atoms with E-state index >= 15 is 0 Å². The number of nitrogens with zero attached hydrogens (tertiary/aromatic N) is 1. The number of phosphoric acid groups is 3. The van der Waals surface area contributed by atoms with Gasteiger partial charge in [-0.1, -0.05) is 0 Å². The molecule has 0 bridgehead atoms. The maximum Gasteiger partial charge on any atom is 0.490 e. The molecule has 158 valence electrons. The van der Waals surface area contributed by atoms with Gasteiger partial charge in [0.1, 0.15) is 18.5 Å². The Morgan fingerprint density at radius 2 is 1.75 bits per heavy atom. The molecule has 1 aromatic rings. The maximum absolute atomic E-state index is 11.7. The van der Waals surface area contributed by atoms with Crippen LogP contribution in [0.5, 0.6) is 0 Å². The van der Waals surface area contributed by atoms with Gasteiger partial charge in [-0.2, -0.15) is 8.62 Å². The van der Waals surface area contributed by atoms with E-state index in [4.69, 9.17) is 19.4 Å². The minimum absolute atomic E-state index is 0.308. The van der Waals surface area contributed by atoms with E-state index in [-0.39, 0.29) is 5.76 Å². The third-order valence-electron chi connectivity index (χ3n) is 2.83. The van der Waals surface area contributed by atoms with Gasteiger partial charge in [0.05, 0.1) is 0 Å². The Balaban J connectivity index is 2.01. The Hall–Kier alpha value is -1.41. The molecule has 2 unspecified atom stereocenters. The second-order valence-electron chi connectivity index (χ2n) is 5.01. The first-order chi connectivity index (χ1) is 12.7. The van der Waals surface area contributed by atoms with E-state index in [1.165, 1.54) is 0 Å². The fourth-order valence-corrected chi connectivity index (χ4v) is 4.90. The third kappa shape index (κ3) is 6.58. The second kappa shape index (κ2) is 8.14. The standard InChI is InChI=1S/C9H13N2O14P3/c12-6-3-5(23-8(6)11-2-1-7(13)10-9(11)14)4-22-27(18,19)25-28(20,21)24-26(15,16)17/h1-3,6,8,12H,4H2,(H,18,19)(H,20,21)(H,10,13,14)(H2,15,16,17)/t6-,8-/m1/s1. The van der Waals surface area contributed by atoms with Crippen LogP contribution in [0.2, 0.25) is 0 Å². The summed E-state index contributed by atoms with van der Waals surface area (Å²) in [6.07, 6.45) is -0.812. The van der Waals surface area contributed by atoms with E-state index < -0.39 is 53.7 Å². The molecule has 0 saturated heterocycles. The van der Waals surface area contributed by atoms with E-state index in [9.17, 15) is 33.3 Å². The van der Waals surface area contributed by atoms with E-state index in [1.807, 2.05) is 4.98 Å². The van der Waals surface area contributed by atoms with E-state index in [2.05, 4.69) is 13.1 Å². The summed E-state index contributed by atoms with van der Waals surface area (Å²) in [5.74, 6) is -0.308. The van der Waals surface area contributed by atoms with Crippen molar-refractivity contribution in [3.8, 4) is 0 Å². The zero-order valence-corrected chi connectivity index (χ0v) is 16.0. The molecule has 0 amide bonds. The van der Waals surface area contributed by atoms with Gasteiger partial charge in [0.2, 0.25) is 6.23 Å². The molecule has 2 rings (SSSR count). The topological polar surface area (TPSA) is 244 Å². The number of aliphatic hydroxyl groups excluding tert-OH is 1. The average molecular weight is 466 g/mol. The third-order valence-corrected chi connectivity index (χ3v) is 6.61. The van der Waals surface area contributed by atoms with Crippen molar-refractivity contribution in [3.05, 3.63) is 44.9 Å². The molecular formula is C9H13N2O14P3. The molecule has 0 aliphatic carbocycles. The molecule has 0 radical (unpaired) electrons. The smallest absolute Gasteiger partial charge is 0.469 e. The number of ether oxygens (including phenoxy) is 1. The Labute approximate surface area is 154 Å². The quantitative estimate of drug-likeness (QED) is 0.243. The fraction of sp³-hybridized carbons (Fsp3) is 0.333. The Kier molecular flexibility index (Phi) is 6.65. The van der Waals surface area contributed by atoms with Crippen LogP contribution in [0.15, 0.2) is 33.7 Å². The number of aliphatic hydroxyl groups is 1. The van der Waals surface area contributed by atoms with Crippen LogP contribution >= 0.6 is 23.5 Å². The highest BCUT2D eigenvalue weighted by atomic mass is 31.3. The lowest BCUT2D eigenvalue weighted by Crippen LogP contribution is -2.35. The SMILES string of the molecule is O=c1ccn([C@@H]2OC(COP(=O)(O)OP(=O)(O)OP(=O)(O)O)=C[C@H]2O)c(=O)[nH]1. The van der Waals surface area contributed by atoms with Crippen molar-refractivity contribution >= 4 is 23.5 Å². The lowest BCUT2D eigenvalue weighted by atomic mass is 10.3. The number of hydrogen-bond donors (Lipinski definition) is 6. The molecule has 19 heteroatoms. The van der Waals surface area contributed by atoms with Crippen molar-refractivity contribution in [2.24, 2.45) is 0 Å². The molecule has 4 atom stereocenters. The van der Waals surface area contributed by atoms with Crippen molar-refractivity contribution in [1.82, 2.24) is 9.55 Å². The summed E-state index contributed by atoms with van der Waals surface area (Å²) in [5.41, 5.74) is -1.62. The van der Waals surface area contributed by atoms with E-state index in [1.54, 1.807) is 0 Å². The van der Waals surface area contributed by atoms with Crippen molar-refractivity contribution in [1.29, 1.82) is 0 Å². The van der Waals surface area contributed by atoms with Gasteiger partial charge in [-0.3, -0.25) is 18.9 Å². The van der Waals surface area contributed by atoms with Crippen LogP contribution in [0.3, 0.4) is 0 Å². The lowest BCUT2D eigenvalue weighted by molar-refractivity contribution is -0.0104. The second-order valence-corrected chi connectivity index (χ2v) is 9.43. The molecule has 1 aromatic heterocycles. The number of aromatic nitrogens is 2. The van der Waals surface area contributed by atoms with Crippen molar-refractivity contribution in [2.45, 2.75) is 12.3 Å². The first-order valence-electron chi connectivity index (χ1n) is 6.83. The molecule has 6 N–H and O–H groups in total. The average Bonchev–Trinajstić information content (AvgIpc) is 2.82. The number of H-pyrrole nitrogens is 1. The van der Waals surface area contributed by atoms with Gasteiger partial charge in [-0.05, 0) is 6.08 Å². The fourth-order valence-electron chi connectivity index (χ4n) is 1.92. The highest BCUT2D eigenvalue weighted by molar-refractivity contribution is 7.66. The number of aromatic amines is 1. The van der Waals surface area contributed by atoms with Gasteiger partial charge < -0.3 is 29.4 Å². The van der Waals surface area contributed by atoms with Crippen molar-refractivity contribution in [2.75, 3.05) is 6.61 Å². The summed E-state index contributed by atoms with van der Waals surface area (Å²) in [6.45, 7) is -0.921. The van der Waals surface area contributed by atoms with Gasteiger partial charge in [0.15, 0.2) is 0 Å². The Morgan fingerprint density at radius 1 is 1.11 bits per heavy atom. The monoisotopic (exact) mass is 466 g/mol. The zero-order valence-electron chi connectivity index (χ0n) is 13.3. The molecule has 1 aliphatic rings. The number of hydrogen-bond acceptors (Lipinski definition) is 10. The first-order valence-corrected chi connectivity index (χ1v) is 11.3. The molecule has 2 heterocycles. The number of nitrogens with one attached hydrogen (secondary N) is 1. The predicted molar refractivity (Wildman–Crippen MR) is 85.4 cm³/mol. The molecule has 0 saturated carbocycles. The van der Waals surface area contributed by atoms with E-state index in [0.29, 0.717) is 0 Å². The van der Waals surface area contributed by atoms with Crippen LogP contribution in [0.1, 0.15) is 6.23 Å². The highest BCUT2D eigenvalue weighted by Gasteiger charge is 2.41. The van der Waals surface area contributed by atoms with Gasteiger partial charge >= 0.3 is 29.2 Å². The lowest BCUT2D eigenvalue weighted by Gasteiger charge is -2.19. The Bertz CT molecular complexity index is 1020. The summed E-state index contributed by atoms with van der Waals surface area (Å²) < 4.78 is 50.6. The molecule has 0 fully saturated rings. The summed E-state index contributed by atoms with van der Waals surface area (Å²) in [6, 6.07) is 0.974. The molecular weight excluding hydrogens is 453 g/mol. The molecule has 1 aliphatic heterocycles. The van der Waals surface area contributed by atoms with Crippen LogP contribution in [0.4, 0.5) is 0 Å².